The average Bonchev–Trinajstić information content (AvgIpc) is 2.67. The van der Waals surface area contributed by atoms with Crippen LogP contribution in [0, 0.1) is 11.8 Å². The summed E-state index contributed by atoms with van der Waals surface area (Å²) in [5.74, 6) is -3.81. The van der Waals surface area contributed by atoms with Gasteiger partial charge in [0.05, 0.1) is 34.1 Å². The van der Waals surface area contributed by atoms with E-state index in [1.807, 2.05) is 35.0 Å². The van der Waals surface area contributed by atoms with Crippen LogP contribution in [0.4, 0.5) is 0 Å². The number of carbonyl (C=O) groups is 5. The molecule has 202 valence electrons. The lowest BCUT2D eigenvalue weighted by atomic mass is 10.0. The number of rotatable bonds is 15. The second-order valence-electron chi connectivity index (χ2n) is 10.7. The minimum absolute atomic E-state index is 0.0447. The van der Waals surface area contributed by atoms with E-state index >= 15 is 0 Å². The van der Waals surface area contributed by atoms with Gasteiger partial charge < -0.3 is 36.0 Å². The molecule has 12 heteroatoms. The van der Waals surface area contributed by atoms with Crippen LogP contribution < -0.4 is 21.3 Å². The third kappa shape index (κ3) is 14.3. The molecule has 0 aliphatic rings. The summed E-state index contributed by atoms with van der Waals surface area (Å²) >= 11 is 0. The lowest BCUT2D eigenvalue weighted by Crippen LogP contribution is -2.57. The predicted molar refractivity (Wildman–Crippen MR) is 130 cm³/mol. The van der Waals surface area contributed by atoms with Crippen molar-refractivity contribution in [2.24, 2.45) is 11.8 Å². The lowest BCUT2D eigenvalue weighted by molar-refractivity contribution is -0.873. The van der Waals surface area contributed by atoms with Crippen LogP contribution in [0.1, 0.15) is 47.5 Å². The van der Waals surface area contributed by atoms with E-state index in [0.29, 0.717) is 11.0 Å². The fourth-order valence-electron chi connectivity index (χ4n) is 3.28. The van der Waals surface area contributed by atoms with E-state index in [2.05, 4.69) is 21.3 Å². The molecule has 12 nitrogen and oxygen atoms in total. The molecule has 0 aromatic heterocycles. The zero-order chi connectivity index (χ0) is 27.5. The Morgan fingerprint density at radius 2 is 1.40 bits per heavy atom. The predicted octanol–water partition coefficient (Wildman–Crippen LogP) is -1.18. The van der Waals surface area contributed by atoms with E-state index in [1.54, 1.807) is 13.8 Å². The number of aliphatic carboxylic acids is 1. The number of likely N-dealkylation sites (N-methyl/N-ethyl adjacent to an activating group) is 1. The Bertz CT molecular complexity index is 749. The van der Waals surface area contributed by atoms with E-state index in [1.165, 1.54) is 6.92 Å². The monoisotopic (exact) mass is 502 g/mol. The van der Waals surface area contributed by atoms with E-state index in [-0.39, 0.29) is 31.2 Å². The molecule has 0 saturated carbocycles. The Morgan fingerprint density at radius 3 is 1.86 bits per heavy atom. The Balaban J connectivity index is 4.83. The number of aliphatic hydroxyl groups excluding tert-OH is 1. The number of aliphatic hydroxyl groups is 1. The SMILES string of the molecule is CC(C)C[C@H](NC(=O)[C@H](C)NC(=O)[C@@H](NC(=O)CNC(=O)CC(O)C[N+](C)(C)C)C(C)C)C(=O)O. The highest BCUT2D eigenvalue weighted by molar-refractivity contribution is 5.94. The van der Waals surface area contributed by atoms with Crippen molar-refractivity contribution >= 4 is 29.6 Å². The quantitative estimate of drug-likeness (QED) is 0.153. The van der Waals surface area contributed by atoms with Crippen molar-refractivity contribution in [1.29, 1.82) is 0 Å². The highest BCUT2D eigenvalue weighted by atomic mass is 16.4. The molecule has 0 fully saturated rings. The van der Waals surface area contributed by atoms with Crippen LogP contribution >= 0.6 is 0 Å². The molecule has 4 amide bonds. The van der Waals surface area contributed by atoms with Crippen molar-refractivity contribution < 1.29 is 38.7 Å². The molecule has 0 bridgehead atoms. The zero-order valence-electron chi connectivity index (χ0n) is 22.2. The minimum Gasteiger partial charge on any atom is -0.480 e. The first-order chi connectivity index (χ1) is 15.9. The molecule has 35 heavy (non-hydrogen) atoms. The van der Waals surface area contributed by atoms with Crippen molar-refractivity contribution in [3.8, 4) is 0 Å². The van der Waals surface area contributed by atoms with Crippen LogP contribution in [0.5, 0.6) is 0 Å². The lowest BCUT2D eigenvalue weighted by Gasteiger charge is -2.26. The van der Waals surface area contributed by atoms with Gasteiger partial charge in [0.1, 0.15) is 30.8 Å². The van der Waals surface area contributed by atoms with Crippen LogP contribution in [0.2, 0.25) is 0 Å². The summed E-state index contributed by atoms with van der Waals surface area (Å²) in [6.07, 6.45) is -0.775. The third-order valence-corrected chi connectivity index (χ3v) is 4.96. The van der Waals surface area contributed by atoms with Crippen molar-refractivity contribution in [1.82, 2.24) is 21.3 Å². The molecule has 0 heterocycles. The Hall–Kier alpha value is -2.73. The molecule has 0 aromatic carbocycles. The minimum atomic E-state index is -1.16. The number of hydrogen-bond donors (Lipinski definition) is 6. The summed E-state index contributed by atoms with van der Waals surface area (Å²) in [7, 11) is 5.64. The fraction of sp³-hybridized carbons (Fsp3) is 0.783. The molecule has 0 aliphatic carbocycles. The van der Waals surface area contributed by atoms with Crippen LogP contribution in [-0.4, -0.2) is 103 Å². The van der Waals surface area contributed by atoms with Crippen molar-refractivity contribution in [2.45, 2.75) is 71.7 Å². The fourth-order valence-corrected chi connectivity index (χ4v) is 3.28. The van der Waals surface area contributed by atoms with Gasteiger partial charge >= 0.3 is 5.97 Å². The summed E-state index contributed by atoms with van der Waals surface area (Å²) in [6, 6.07) is -3.09. The number of hydrogen-bond acceptors (Lipinski definition) is 6. The van der Waals surface area contributed by atoms with E-state index in [9.17, 15) is 34.2 Å². The standard InChI is InChI=1S/C23H43N5O7/c1-13(2)9-17(23(34)35)26-21(32)15(5)25-22(33)20(14(3)4)27-19(31)11-24-18(30)10-16(29)12-28(6,7)8/h13-17,20,29H,9-12H2,1-8H3,(H4-,24,25,26,27,30,31,32,33,34,35)/p+1/t15-,16?,17-,20-/m0/s1. The van der Waals surface area contributed by atoms with Crippen LogP contribution in [0.25, 0.3) is 0 Å². The maximum atomic E-state index is 12.7. The van der Waals surface area contributed by atoms with Gasteiger partial charge in [0.2, 0.25) is 23.6 Å². The van der Waals surface area contributed by atoms with Gasteiger partial charge in [-0.25, -0.2) is 4.79 Å². The van der Waals surface area contributed by atoms with Crippen LogP contribution in [0.3, 0.4) is 0 Å². The number of carboxylic acids is 1. The number of quaternary nitrogens is 1. The maximum absolute atomic E-state index is 12.7. The van der Waals surface area contributed by atoms with E-state index < -0.39 is 53.8 Å². The summed E-state index contributed by atoms with van der Waals surface area (Å²) in [5.41, 5.74) is 0. The summed E-state index contributed by atoms with van der Waals surface area (Å²) in [6.45, 7) is 8.49. The summed E-state index contributed by atoms with van der Waals surface area (Å²) in [5, 5.41) is 29.1. The van der Waals surface area contributed by atoms with Crippen molar-refractivity contribution in [2.75, 3.05) is 34.2 Å². The number of carboxylic acid groups (broad SMARTS) is 1. The van der Waals surface area contributed by atoms with Crippen LogP contribution in [-0.2, 0) is 24.0 Å². The molecule has 4 atom stereocenters. The molecule has 1 unspecified atom stereocenters. The van der Waals surface area contributed by atoms with Gasteiger partial charge in [-0.05, 0) is 25.2 Å². The average molecular weight is 503 g/mol. The van der Waals surface area contributed by atoms with Crippen molar-refractivity contribution in [3.05, 3.63) is 0 Å². The molecular weight excluding hydrogens is 458 g/mol. The number of nitrogens with one attached hydrogen (secondary N) is 4. The van der Waals surface area contributed by atoms with Gasteiger partial charge in [-0.2, -0.15) is 0 Å². The van der Waals surface area contributed by atoms with Gasteiger partial charge in [-0.3, -0.25) is 19.2 Å². The first kappa shape index (κ1) is 32.3. The molecule has 0 aliphatic heterocycles. The molecule has 6 N–H and O–H groups in total. The van der Waals surface area contributed by atoms with Gasteiger partial charge in [0, 0.05) is 0 Å². The van der Waals surface area contributed by atoms with Crippen LogP contribution in [0.15, 0.2) is 0 Å². The topological polar surface area (TPSA) is 174 Å². The Labute approximate surface area is 207 Å². The second kappa shape index (κ2) is 14.6. The Kier molecular flexibility index (Phi) is 13.5. The van der Waals surface area contributed by atoms with Crippen molar-refractivity contribution in [3.63, 3.8) is 0 Å². The van der Waals surface area contributed by atoms with Gasteiger partial charge in [-0.1, -0.05) is 27.7 Å². The molecule has 0 aromatic rings. The summed E-state index contributed by atoms with van der Waals surface area (Å²) in [4.78, 5) is 60.8. The highest BCUT2D eigenvalue weighted by Gasteiger charge is 2.29. The van der Waals surface area contributed by atoms with Gasteiger partial charge in [0.15, 0.2) is 0 Å². The molecule has 0 spiro atoms. The first-order valence-electron chi connectivity index (χ1n) is 11.8. The van der Waals surface area contributed by atoms with E-state index in [0.717, 1.165) is 0 Å². The zero-order valence-corrected chi connectivity index (χ0v) is 22.2. The maximum Gasteiger partial charge on any atom is 0.326 e. The smallest absolute Gasteiger partial charge is 0.326 e. The largest absolute Gasteiger partial charge is 0.480 e. The molecule has 0 saturated heterocycles. The molecule has 0 radical (unpaired) electrons. The van der Waals surface area contributed by atoms with Gasteiger partial charge in [-0.15, -0.1) is 0 Å². The highest BCUT2D eigenvalue weighted by Crippen LogP contribution is 2.06. The second-order valence-corrected chi connectivity index (χ2v) is 10.7. The third-order valence-electron chi connectivity index (χ3n) is 4.96. The number of amides is 4. The summed E-state index contributed by atoms with van der Waals surface area (Å²) < 4.78 is 0.477. The Morgan fingerprint density at radius 1 is 0.829 bits per heavy atom. The van der Waals surface area contributed by atoms with Gasteiger partial charge in [0.25, 0.3) is 0 Å². The normalized spacial score (nSPS) is 15.1. The number of carbonyl (C=O) groups excluding carboxylic acids is 4. The molecule has 0 rings (SSSR count). The first-order valence-corrected chi connectivity index (χ1v) is 11.8. The van der Waals surface area contributed by atoms with E-state index in [4.69, 9.17) is 0 Å². The molecular formula is C23H44N5O7+. The number of nitrogens with zero attached hydrogens (tertiary/aromatic N) is 1.